The van der Waals surface area contributed by atoms with Crippen LogP contribution in [0, 0.1) is 5.82 Å². The van der Waals surface area contributed by atoms with Gasteiger partial charge in [-0.15, -0.1) is 0 Å². The normalized spacial score (nSPS) is 10.3. The molecule has 0 aliphatic rings. The first-order valence-electron chi connectivity index (χ1n) is 5.46. The summed E-state index contributed by atoms with van der Waals surface area (Å²) in [5.41, 5.74) is 0.307. The third-order valence-electron chi connectivity index (χ3n) is 2.13. The Morgan fingerprint density at radius 2 is 2.29 bits per heavy atom. The van der Waals surface area contributed by atoms with Gasteiger partial charge in [0.25, 0.3) is 5.91 Å². The van der Waals surface area contributed by atoms with Gasteiger partial charge in [0.2, 0.25) is 0 Å². The lowest BCUT2D eigenvalue weighted by Crippen LogP contribution is -2.25. The lowest BCUT2D eigenvalue weighted by Gasteiger charge is -2.07. The number of nitrogens with one attached hydrogen (secondary N) is 1. The molecule has 1 aromatic rings. The molecule has 0 bridgehead atoms. The highest BCUT2D eigenvalue weighted by Gasteiger charge is 2.10. The van der Waals surface area contributed by atoms with Crippen molar-refractivity contribution in [3.63, 3.8) is 0 Å². The fourth-order valence-electron chi connectivity index (χ4n) is 1.29. The van der Waals surface area contributed by atoms with Crippen molar-refractivity contribution in [2.75, 3.05) is 19.8 Å². The maximum absolute atomic E-state index is 13.0. The Morgan fingerprint density at radius 3 is 3.00 bits per heavy atom. The molecule has 3 nitrogen and oxygen atoms in total. The predicted molar refractivity (Wildman–Crippen MR) is 67.5 cm³/mol. The van der Waals surface area contributed by atoms with E-state index >= 15 is 0 Å². The van der Waals surface area contributed by atoms with Gasteiger partial charge in [-0.3, -0.25) is 4.79 Å². The van der Waals surface area contributed by atoms with E-state index in [1.165, 1.54) is 18.2 Å². The molecular weight excluding hydrogens is 289 g/mol. The first kappa shape index (κ1) is 14.1. The Balaban J connectivity index is 2.44. The molecule has 0 aliphatic carbocycles. The summed E-state index contributed by atoms with van der Waals surface area (Å²) in [7, 11) is 0. The van der Waals surface area contributed by atoms with Crippen LogP contribution in [0.1, 0.15) is 23.7 Å². The second-order valence-electron chi connectivity index (χ2n) is 3.43. The van der Waals surface area contributed by atoms with Crippen molar-refractivity contribution in [2.45, 2.75) is 13.3 Å². The Bertz CT molecular complexity index is 385. The number of carbonyl (C=O) groups is 1. The Kier molecular flexibility index (Phi) is 6.15. The third-order valence-corrected chi connectivity index (χ3v) is 2.82. The first-order valence-corrected chi connectivity index (χ1v) is 6.25. The van der Waals surface area contributed by atoms with Gasteiger partial charge in [-0.25, -0.2) is 4.39 Å². The summed E-state index contributed by atoms with van der Waals surface area (Å²) < 4.78 is 18.7. The van der Waals surface area contributed by atoms with Gasteiger partial charge in [-0.05, 0) is 47.5 Å². The summed E-state index contributed by atoms with van der Waals surface area (Å²) in [6.45, 7) is 3.72. The summed E-state index contributed by atoms with van der Waals surface area (Å²) in [6.07, 6.45) is 0.743. The summed E-state index contributed by atoms with van der Waals surface area (Å²) in [6, 6.07) is 4.03. The molecule has 0 aliphatic heterocycles. The molecule has 0 saturated carbocycles. The van der Waals surface area contributed by atoms with E-state index in [0.717, 1.165) is 6.42 Å². The smallest absolute Gasteiger partial charge is 0.252 e. The standard InChI is InChI=1S/C12H15BrFNO2/c1-2-17-7-3-6-15-12(16)10-8-9(14)4-5-11(10)13/h4-5,8H,2-3,6-7H2,1H3,(H,15,16). The fraction of sp³-hybridized carbons (Fsp3) is 0.417. The van der Waals surface area contributed by atoms with Crippen molar-refractivity contribution < 1.29 is 13.9 Å². The van der Waals surface area contributed by atoms with Crippen LogP contribution in [0.15, 0.2) is 22.7 Å². The maximum atomic E-state index is 13.0. The van der Waals surface area contributed by atoms with Crippen molar-refractivity contribution in [3.05, 3.63) is 34.1 Å². The average Bonchev–Trinajstić information content (AvgIpc) is 2.32. The monoisotopic (exact) mass is 303 g/mol. The van der Waals surface area contributed by atoms with E-state index < -0.39 is 5.82 Å². The molecule has 1 aromatic carbocycles. The zero-order chi connectivity index (χ0) is 12.7. The average molecular weight is 304 g/mol. The number of halogens is 2. The van der Waals surface area contributed by atoms with Gasteiger partial charge in [0, 0.05) is 24.2 Å². The zero-order valence-corrected chi connectivity index (χ0v) is 11.2. The third kappa shape index (κ3) is 4.83. The molecule has 17 heavy (non-hydrogen) atoms. The fourth-order valence-corrected chi connectivity index (χ4v) is 1.71. The highest BCUT2D eigenvalue weighted by molar-refractivity contribution is 9.10. The molecule has 1 amide bonds. The Morgan fingerprint density at radius 1 is 1.53 bits per heavy atom. The summed E-state index contributed by atoms with van der Waals surface area (Å²) in [4.78, 5) is 11.7. The van der Waals surface area contributed by atoms with Crippen LogP contribution in [-0.2, 0) is 4.74 Å². The second-order valence-corrected chi connectivity index (χ2v) is 4.28. The van der Waals surface area contributed by atoms with Gasteiger partial charge in [0.05, 0.1) is 5.56 Å². The molecule has 1 N–H and O–H groups in total. The van der Waals surface area contributed by atoms with Gasteiger partial charge < -0.3 is 10.1 Å². The summed E-state index contributed by atoms with van der Waals surface area (Å²) in [5.74, 6) is -0.708. The molecule has 0 aromatic heterocycles. The first-order chi connectivity index (χ1) is 8.15. The second kappa shape index (κ2) is 7.40. The van der Waals surface area contributed by atoms with Crippen molar-refractivity contribution in [3.8, 4) is 0 Å². The molecule has 0 radical (unpaired) electrons. The lowest BCUT2D eigenvalue weighted by molar-refractivity contribution is 0.0943. The number of carbonyl (C=O) groups excluding carboxylic acids is 1. The van der Waals surface area contributed by atoms with Crippen LogP contribution >= 0.6 is 15.9 Å². The molecule has 0 spiro atoms. The van der Waals surface area contributed by atoms with E-state index in [1.807, 2.05) is 6.92 Å². The van der Waals surface area contributed by atoms with Crippen LogP contribution in [0.25, 0.3) is 0 Å². The number of rotatable bonds is 6. The van der Waals surface area contributed by atoms with E-state index in [9.17, 15) is 9.18 Å². The lowest BCUT2D eigenvalue weighted by atomic mass is 10.2. The molecule has 0 fully saturated rings. The molecular formula is C12H15BrFNO2. The van der Waals surface area contributed by atoms with Crippen molar-refractivity contribution in [1.82, 2.24) is 5.32 Å². The largest absolute Gasteiger partial charge is 0.382 e. The van der Waals surface area contributed by atoms with E-state index in [-0.39, 0.29) is 5.91 Å². The summed E-state index contributed by atoms with van der Waals surface area (Å²) in [5, 5.41) is 2.71. The topological polar surface area (TPSA) is 38.3 Å². The highest BCUT2D eigenvalue weighted by atomic mass is 79.9. The van der Waals surface area contributed by atoms with Crippen LogP contribution in [-0.4, -0.2) is 25.7 Å². The zero-order valence-electron chi connectivity index (χ0n) is 9.63. The molecule has 0 atom stereocenters. The minimum absolute atomic E-state index is 0.284. The number of amides is 1. The van der Waals surface area contributed by atoms with E-state index in [2.05, 4.69) is 21.2 Å². The highest BCUT2D eigenvalue weighted by Crippen LogP contribution is 2.17. The van der Waals surface area contributed by atoms with Crippen LogP contribution in [0.3, 0.4) is 0 Å². The SMILES string of the molecule is CCOCCCNC(=O)c1cc(F)ccc1Br. The maximum Gasteiger partial charge on any atom is 0.252 e. The Labute approximate surface area is 108 Å². The molecule has 0 heterocycles. The van der Waals surface area contributed by atoms with Crippen LogP contribution < -0.4 is 5.32 Å². The van der Waals surface area contributed by atoms with Crippen LogP contribution in [0.5, 0.6) is 0 Å². The van der Waals surface area contributed by atoms with E-state index in [4.69, 9.17) is 4.74 Å². The van der Waals surface area contributed by atoms with Gasteiger partial charge in [-0.2, -0.15) is 0 Å². The quantitative estimate of drug-likeness (QED) is 0.821. The molecule has 0 unspecified atom stereocenters. The number of ether oxygens (including phenoxy) is 1. The Hall–Kier alpha value is -0.940. The molecule has 94 valence electrons. The predicted octanol–water partition coefficient (Wildman–Crippen LogP) is 2.74. The van der Waals surface area contributed by atoms with Crippen LogP contribution in [0.2, 0.25) is 0 Å². The van der Waals surface area contributed by atoms with Gasteiger partial charge in [-0.1, -0.05) is 0 Å². The van der Waals surface area contributed by atoms with E-state index in [1.54, 1.807) is 0 Å². The van der Waals surface area contributed by atoms with Gasteiger partial charge in [0.15, 0.2) is 0 Å². The molecule has 0 saturated heterocycles. The van der Waals surface area contributed by atoms with Crippen molar-refractivity contribution >= 4 is 21.8 Å². The minimum Gasteiger partial charge on any atom is -0.382 e. The number of benzene rings is 1. The van der Waals surface area contributed by atoms with Crippen LogP contribution in [0.4, 0.5) is 4.39 Å². The van der Waals surface area contributed by atoms with Gasteiger partial charge >= 0.3 is 0 Å². The number of hydrogen-bond acceptors (Lipinski definition) is 2. The molecule has 1 rings (SSSR count). The molecule has 5 heteroatoms. The minimum atomic E-state index is -0.423. The summed E-state index contributed by atoms with van der Waals surface area (Å²) >= 11 is 3.21. The van der Waals surface area contributed by atoms with E-state index in [0.29, 0.717) is 29.8 Å². The number of hydrogen-bond donors (Lipinski definition) is 1. The van der Waals surface area contributed by atoms with Crippen molar-refractivity contribution in [2.24, 2.45) is 0 Å². The van der Waals surface area contributed by atoms with Crippen molar-refractivity contribution in [1.29, 1.82) is 0 Å². The van der Waals surface area contributed by atoms with Gasteiger partial charge in [0.1, 0.15) is 5.82 Å².